The zero-order valence-electron chi connectivity index (χ0n) is 17.2. The van der Waals surface area contributed by atoms with Crippen LogP contribution in [0.15, 0.2) is 53.3 Å². The monoisotopic (exact) mass is 411 g/mol. The Bertz CT molecular complexity index is 1070. The lowest BCUT2D eigenvalue weighted by Crippen LogP contribution is -2.40. The number of alkyl halides is 1. The Morgan fingerprint density at radius 3 is 2.38 bits per heavy atom. The largest absolute Gasteiger partial charge is 0.331 e. The van der Waals surface area contributed by atoms with Crippen LogP contribution in [0.4, 0.5) is 0 Å². The van der Waals surface area contributed by atoms with E-state index in [1.54, 1.807) is 15.5 Å². The van der Waals surface area contributed by atoms with Crippen LogP contribution in [0, 0.1) is 12.8 Å². The van der Waals surface area contributed by atoms with Crippen LogP contribution < -0.4 is 5.56 Å². The van der Waals surface area contributed by atoms with Gasteiger partial charge in [-0.2, -0.15) is 0 Å². The normalized spacial score (nSPS) is 12.3. The van der Waals surface area contributed by atoms with Crippen LogP contribution >= 0.6 is 11.6 Å². The van der Waals surface area contributed by atoms with Crippen molar-refractivity contribution in [3.05, 3.63) is 70.3 Å². The van der Waals surface area contributed by atoms with Gasteiger partial charge in [-0.05, 0) is 44.0 Å². The molecule has 0 radical (unpaired) electrons. The van der Waals surface area contributed by atoms with Gasteiger partial charge in [0.25, 0.3) is 5.56 Å². The fraction of sp³-hybridized carbons (Fsp3) is 0.348. The van der Waals surface area contributed by atoms with E-state index < -0.39 is 6.04 Å². The van der Waals surface area contributed by atoms with E-state index in [-0.39, 0.29) is 23.3 Å². The fourth-order valence-corrected chi connectivity index (χ4v) is 3.61. The predicted octanol–water partition coefficient (Wildman–Crippen LogP) is 4.48. The van der Waals surface area contributed by atoms with Gasteiger partial charge in [-0.15, -0.1) is 11.6 Å². The van der Waals surface area contributed by atoms with Crippen LogP contribution in [-0.4, -0.2) is 32.8 Å². The van der Waals surface area contributed by atoms with E-state index in [0.29, 0.717) is 23.3 Å². The molecule has 6 heteroatoms. The summed E-state index contributed by atoms with van der Waals surface area (Å²) in [6, 6.07) is 14.6. The summed E-state index contributed by atoms with van der Waals surface area (Å²) in [7, 11) is 0. The quantitative estimate of drug-likeness (QED) is 0.562. The lowest BCUT2D eigenvalue weighted by atomic mass is 10.1. The number of fused-ring (bicyclic) bond motifs is 1. The highest BCUT2D eigenvalue weighted by atomic mass is 35.5. The van der Waals surface area contributed by atoms with E-state index in [4.69, 9.17) is 16.6 Å². The highest BCUT2D eigenvalue weighted by Gasteiger charge is 2.26. The number of benzene rings is 2. The first-order valence-electron chi connectivity index (χ1n) is 9.77. The summed E-state index contributed by atoms with van der Waals surface area (Å²) < 4.78 is 1.61. The van der Waals surface area contributed by atoms with Crippen molar-refractivity contribution in [1.82, 2.24) is 14.5 Å². The molecule has 0 aliphatic carbocycles. The molecule has 0 unspecified atom stereocenters. The maximum atomic E-state index is 13.4. The first kappa shape index (κ1) is 21.1. The minimum Gasteiger partial charge on any atom is -0.331 e. The fourth-order valence-electron chi connectivity index (χ4n) is 3.46. The number of carbonyl (C=O) groups excluding carboxylic acids is 1. The van der Waals surface area contributed by atoms with Crippen LogP contribution in [0.3, 0.4) is 0 Å². The van der Waals surface area contributed by atoms with Gasteiger partial charge in [0.1, 0.15) is 11.7 Å². The molecule has 1 atom stereocenters. The highest BCUT2D eigenvalue weighted by Crippen LogP contribution is 2.24. The van der Waals surface area contributed by atoms with Crippen molar-refractivity contribution in [1.29, 1.82) is 0 Å². The molecule has 152 valence electrons. The smallest absolute Gasteiger partial charge is 0.266 e. The maximum Gasteiger partial charge on any atom is 0.266 e. The summed E-state index contributed by atoms with van der Waals surface area (Å²) in [5.74, 6) is 0.492. The molecule has 0 N–H and O–H groups in total. The molecule has 3 rings (SSSR count). The highest BCUT2D eigenvalue weighted by molar-refractivity contribution is 6.27. The third kappa shape index (κ3) is 4.35. The molecule has 0 aliphatic rings. The number of para-hydroxylation sites is 1. The van der Waals surface area contributed by atoms with E-state index in [2.05, 4.69) is 0 Å². The number of hydrogen-bond acceptors (Lipinski definition) is 3. The Balaban J connectivity index is 2.26. The van der Waals surface area contributed by atoms with Crippen molar-refractivity contribution in [2.24, 2.45) is 5.92 Å². The van der Waals surface area contributed by atoms with E-state index in [1.807, 2.05) is 70.2 Å². The Hall–Kier alpha value is -2.66. The number of aryl methyl sites for hydroxylation is 1. The standard InChI is InChI=1S/C23H26ClN3O2/c1-15(2)14-26(21(28)13-24)17(4)22-25-20-8-6-5-7-19(20)23(29)27(22)18-11-9-16(3)10-12-18/h5-12,15,17H,13-14H2,1-4H3/t17-/m0/s1. The van der Waals surface area contributed by atoms with Crippen molar-refractivity contribution < 1.29 is 4.79 Å². The SMILES string of the molecule is Cc1ccc(-n2c([C@H](C)N(CC(C)C)C(=O)CCl)nc3ccccc3c2=O)cc1. The molecule has 5 nitrogen and oxygen atoms in total. The lowest BCUT2D eigenvalue weighted by molar-refractivity contribution is -0.131. The summed E-state index contributed by atoms with van der Waals surface area (Å²) in [5, 5.41) is 0.545. The number of halogens is 1. The van der Waals surface area contributed by atoms with Crippen LogP contribution in [-0.2, 0) is 4.79 Å². The van der Waals surface area contributed by atoms with Crippen LogP contribution in [0.25, 0.3) is 16.6 Å². The van der Waals surface area contributed by atoms with E-state index in [0.717, 1.165) is 11.3 Å². The van der Waals surface area contributed by atoms with E-state index in [9.17, 15) is 9.59 Å². The molecule has 0 spiro atoms. The second-order valence-corrected chi connectivity index (χ2v) is 7.98. The molecule has 2 aromatic carbocycles. The number of nitrogens with zero attached hydrogens (tertiary/aromatic N) is 3. The lowest BCUT2D eigenvalue weighted by Gasteiger charge is -2.31. The number of hydrogen-bond donors (Lipinski definition) is 0. The first-order chi connectivity index (χ1) is 13.8. The Kier molecular flexibility index (Phi) is 6.38. The van der Waals surface area contributed by atoms with Gasteiger partial charge in [0.05, 0.1) is 22.6 Å². The Morgan fingerprint density at radius 1 is 1.10 bits per heavy atom. The third-order valence-electron chi connectivity index (χ3n) is 4.93. The molecule has 0 saturated heterocycles. The van der Waals surface area contributed by atoms with Crippen molar-refractivity contribution >= 4 is 28.4 Å². The first-order valence-corrected chi connectivity index (χ1v) is 10.3. The summed E-state index contributed by atoms with van der Waals surface area (Å²) in [5.41, 5.74) is 2.29. The van der Waals surface area contributed by atoms with E-state index >= 15 is 0 Å². The zero-order chi connectivity index (χ0) is 21.1. The topological polar surface area (TPSA) is 55.2 Å². The molecule has 1 heterocycles. The molecule has 29 heavy (non-hydrogen) atoms. The second-order valence-electron chi connectivity index (χ2n) is 7.71. The molecule has 0 aliphatic heterocycles. The number of aromatic nitrogens is 2. The van der Waals surface area contributed by atoms with Crippen LogP contribution in [0.2, 0.25) is 0 Å². The van der Waals surface area contributed by atoms with Gasteiger partial charge in [0.2, 0.25) is 5.91 Å². The number of rotatable bonds is 6. The molecule has 1 amide bonds. The molecular weight excluding hydrogens is 386 g/mol. The average Bonchev–Trinajstić information content (AvgIpc) is 2.71. The Morgan fingerprint density at radius 2 is 1.76 bits per heavy atom. The Labute approximate surface area is 175 Å². The molecule has 1 aromatic heterocycles. The van der Waals surface area contributed by atoms with Gasteiger partial charge >= 0.3 is 0 Å². The van der Waals surface area contributed by atoms with Gasteiger partial charge < -0.3 is 4.90 Å². The van der Waals surface area contributed by atoms with Gasteiger partial charge in [0, 0.05) is 6.54 Å². The molecule has 3 aromatic rings. The van der Waals surface area contributed by atoms with E-state index in [1.165, 1.54) is 0 Å². The molecule has 0 saturated carbocycles. The number of carbonyl (C=O) groups is 1. The zero-order valence-corrected chi connectivity index (χ0v) is 18.0. The molecular formula is C23H26ClN3O2. The van der Waals surface area contributed by atoms with Gasteiger partial charge in [-0.25, -0.2) is 4.98 Å². The summed E-state index contributed by atoms with van der Waals surface area (Å²) in [6.45, 7) is 8.51. The second kappa shape index (κ2) is 8.78. The van der Waals surface area contributed by atoms with Crippen LogP contribution in [0.1, 0.15) is 38.2 Å². The molecule has 0 bridgehead atoms. The van der Waals surface area contributed by atoms with Crippen molar-refractivity contribution in [2.45, 2.75) is 33.7 Å². The summed E-state index contributed by atoms with van der Waals surface area (Å²) in [6.07, 6.45) is 0. The summed E-state index contributed by atoms with van der Waals surface area (Å²) >= 11 is 5.88. The minimum absolute atomic E-state index is 0.112. The summed E-state index contributed by atoms with van der Waals surface area (Å²) in [4.78, 5) is 32.5. The number of amides is 1. The maximum absolute atomic E-state index is 13.4. The van der Waals surface area contributed by atoms with Gasteiger partial charge in [-0.1, -0.05) is 43.7 Å². The van der Waals surface area contributed by atoms with Crippen molar-refractivity contribution in [3.63, 3.8) is 0 Å². The third-order valence-corrected chi connectivity index (χ3v) is 5.16. The minimum atomic E-state index is -0.415. The molecule has 0 fully saturated rings. The van der Waals surface area contributed by atoms with Crippen LogP contribution in [0.5, 0.6) is 0 Å². The average molecular weight is 412 g/mol. The van der Waals surface area contributed by atoms with Gasteiger partial charge in [0.15, 0.2) is 0 Å². The van der Waals surface area contributed by atoms with Crippen molar-refractivity contribution in [2.75, 3.05) is 12.4 Å². The van der Waals surface area contributed by atoms with Crippen molar-refractivity contribution in [3.8, 4) is 5.69 Å². The van der Waals surface area contributed by atoms with Gasteiger partial charge in [-0.3, -0.25) is 14.2 Å². The predicted molar refractivity (Wildman–Crippen MR) is 118 cm³/mol.